The van der Waals surface area contributed by atoms with Gasteiger partial charge in [-0.15, -0.1) is 0 Å². The molecule has 1 aliphatic heterocycles. The van der Waals surface area contributed by atoms with Gasteiger partial charge in [0.15, 0.2) is 0 Å². The Morgan fingerprint density at radius 2 is 1.48 bits per heavy atom. The number of rotatable bonds is 6. The summed E-state index contributed by atoms with van der Waals surface area (Å²) < 4.78 is 46.4. The van der Waals surface area contributed by atoms with Crippen LogP contribution in [0.2, 0.25) is 0 Å². The Morgan fingerprint density at radius 3 is 2.13 bits per heavy atom. The van der Waals surface area contributed by atoms with Gasteiger partial charge in [0.25, 0.3) is 0 Å². The smallest absolute Gasteiger partial charge is 0.243 e. The van der Waals surface area contributed by atoms with E-state index in [4.69, 9.17) is 4.74 Å². The highest BCUT2D eigenvalue weighted by Crippen LogP contribution is 2.31. The first-order valence-corrected chi connectivity index (χ1v) is 11.6. The van der Waals surface area contributed by atoms with E-state index in [0.717, 1.165) is 11.1 Å². The number of methoxy groups -OCH3 is 1. The lowest BCUT2D eigenvalue weighted by Crippen LogP contribution is -2.49. The van der Waals surface area contributed by atoms with Crippen molar-refractivity contribution in [2.24, 2.45) is 0 Å². The van der Waals surface area contributed by atoms with Crippen LogP contribution in [0.25, 0.3) is 0 Å². The molecule has 3 aromatic rings. The van der Waals surface area contributed by atoms with E-state index in [0.29, 0.717) is 31.9 Å². The maximum atomic E-state index is 13.5. The molecule has 0 radical (unpaired) electrons. The average Bonchev–Trinajstić information content (AvgIpc) is 2.81. The second-order valence-corrected chi connectivity index (χ2v) is 9.42. The van der Waals surface area contributed by atoms with Crippen LogP contribution in [0.5, 0.6) is 5.75 Å². The molecule has 0 amide bonds. The Hall–Kier alpha value is -2.74. The molecule has 7 heteroatoms. The van der Waals surface area contributed by atoms with Crippen molar-refractivity contribution in [3.05, 3.63) is 95.8 Å². The minimum Gasteiger partial charge on any atom is -0.497 e. The third-order valence-corrected chi connectivity index (χ3v) is 7.51. The summed E-state index contributed by atoms with van der Waals surface area (Å²) >= 11 is 0. The summed E-state index contributed by atoms with van der Waals surface area (Å²) in [4.78, 5) is 2.48. The highest BCUT2D eigenvalue weighted by Gasteiger charge is 2.32. The Balaban J connectivity index is 1.56. The van der Waals surface area contributed by atoms with Crippen molar-refractivity contribution >= 4 is 10.0 Å². The first kappa shape index (κ1) is 21.5. The Bertz CT molecular complexity index is 1110. The minimum absolute atomic E-state index is 0.0662. The largest absolute Gasteiger partial charge is 0.497 e. The van der Waals surface area contributed by atoms with Gasteiger partial charge < -0.3 is 4.74 Å². The highest BCUT2D eigenvalue weighted by molar-refractivity contribution is 7.89. The van der Waals surface area contributed by atoms with E-state index in [1.807, 2.05) is 30.3 Å². The number of hydrogen-bond acceptors (Lipinski definition) is 4. The molecule has 0 bridgehead atoms. The van der Waals surface area contributed by atoms with Gasteiger partial charge in [-0.25, -0.2) is 12.8 Å². The summed E-state index contributed by atoms with van der Waals surface area (Å²) in [6.45, 7) is 1.90. The van der Waals surface area contributed by atoms with Crippen molar-refractivity contribution in [3.8, 4) is 5.75 Å². The predicted molar refractivity (Wildman–Crippen MR) is 118 cm³/mol. The van der Waals surface area contributed by atoms with Gasteiger partial charge in [-0.2, -0.15) is 4.31 Å². The molecule has 1 atom stereocenters. The maximum absolute atomic E-state index is 13.5. The zero-order valence-corrected chi connectivity index (χ0v) is 18.1. The van der Waals surface area contributed by atoms with E-state index in [9.17, 15) is 12.8 Å². The van der Waals surface area contributed by atoms with Crippen molar-refractivity contribution in [2.75, 3.05) is 33.3 Å². The van der Waals surface area contributed by atoms with Crippen molar-refractivity contribution in [2.45, 2.75) is 10.9 Å². The minimum atomic E-state index is -3.60. The number of nitrogens with zero attached hydrogens (tertiary/aromatic N) is 2. The number of piperazine rings is 1. The summed E-state index contributed by atoms with van der Waals surface area (Å²) in [5.74, 6) is 0.241. The molecule has 3 aromatic carbocycles. The monoisotopic (exact) mass is 440 g/mol. The van der Waals surface area contributed by atoms with E-state index in [2.05, 4.69) is 4.90 Å². The predicted octanol–water partition coefficient (Wildman–Crippen LogP) is 3.93. The highest BCUT2D eigenvalue weighted by atomic mass is 32.2. The van der Waals surface area contributed by atoms with E-state index < -0.39 is 10.0 Å². The topological polar surface area (TPSA) is 49.9 Å². The molecule has 1 fully saturated rings. The molecule has 0 spiro atoms. The summed E-state index contributed by atoms with van der Waals surface area (Å²) in [5.41, 5.74) is 2.08. The van der Waals surface area contributed by atoms with Gasteiger partial charge in [-0.05, 0) is 35.4 Å². The number of halogens is 1. The molecular weight excluding hydrogens is 415 g/mol. The fourth-order valence-corrected chi connectivity index (χ4v) is 5.47. The van der Waals surface area contributed by atoms with Crippen molar-refractivity contribution in [3.63, 3.8) is 0 Å². The normalized spacial score (nSPS) is 16.7. The molecule has 162 valence electrons. The third kappa shape index (κ3) is 4.63. The molecule has 1 heterocycles. The van der Waals surface area contributed by atoms with Crippen molar-refractivity contribution in [1.29, 1.82) is 0 Å². The zero-order chi connectivity index (χ0) is 21.8. The van der Waals surface area contributed by atoms with Crippen LogP contribution in [-0.2, 0) is 10.0 Å². The fraction of sp³-hybridized carbons (Fsp3) is 0.250. The first-order chi connectivity index (χ1) is 15.0. The van der Waals surface area contributed by atoms with Crippen molar-refractivity contribution < 1.29 is 17.5 Å². The van der Waals surface area contributed by atoms with Crippen LogP contribution in [0.1, 0.15) is 17.2 Å². The van der Waals surface area contributed by atoms with E-state index in [-0.39, 0.29) is 16.8 Å². The zero-order valence-electron chi connectivity index (χ0n) is 17.3. The van der Waals surface area contributed by atoms with Gasteiger partial charge in [0.2, 0.25) is 10.0 Å². The molecule has 0 unspecified atom stereocenters. The number of benzene rings is 3. The summed E-state index contributed by atoms with van der Waals surface area (Å²) in [7, 11) is -2.08. The maximum Gasteiger partial charge on any atom is 0.243 e. The fourth-order valence-electron chi connectivity index (χ4n) is 4.01. The summed E-state index contributed by atoms with van der Waals surface area (Å²) in [6, 6.07) is 23.0. The van der Waals surface area contributed by atoms with Gasteiger partial charge in [0, 0.05) is 32.2 Å². The second-order valence-electron chi connectivity index (χ2n) is 7.48. The Kier molecular flexibility index (Phi) is 6.36. The molecule has 1 aliphatic rings. The van der Waals surface area contributed by atoms with Crippen LogP contribution < -0.4 is 4.74 Å². The van der Waals surface area contributed by atoms with Crippen LogP contribution in [0, 0.1) is 5.82 Å². The second kappa shape index (κ2) is 9.18. The average molecular weight is 441 g/mol. The van der Waals surface area contributed by atoms with Crippen LogP contribution in [0.3, 0.4) is 0 Å². The van der Waals surface area contributed by atoms with E-state index in [1.54, 1.807) is 36.4 Å². The molecule has 31 heavy (non-hydrogen) atoms. The molecule has 1 saturated heterocycles. The summed E-state index contributed by atoms with van der Waals surface area (Å²) in [5, 5.41) is 0. The van der Waals surface area contributed by atoms with Crippen LogP contribution in [0.4, 0.5) is 4.39 Å². The molecule has 0 aliphatic carbocycles. The molecular formula is C24H25FN2O3S. The number of hydrogen-bond donors (Lipinski definition) is 0. The molecule has 0 aromatic heterocycles. The van der Waals surface area contributed by atoms with Crippen molar-refractivity contribution in [1.82, 2.24) is 9.21 Å². The lowest BCUT2D eigenvalue weighted by molar-refractivity contribution is 0.155. The van der Waals surface area contributed by atoms with Crippen LogP contribution in [0.15, 0.2) is 83.8 Å². The van der Waals surface area contributed by atoms with Crippen LogP contribution in [-0.4, -0.2) is 50.9 Å². The quantitative estimate of drug-likeness (QED) is 0.583. The number of sulfonamides is 1. The third-order valence-electron chi connectivity index (χ3n) is 5.62. The number of ether oxygens (including phenoxy) is 1. The summed E-state index contributed by atoms with van der Waals surface area (Å²) in [6.07, 6.45) is 0. The molecule has 4 rings (SSSR count). The van der Waals surface area contributed by atoms with Gasteiger partial charge in [0.1, 0.15) is 11.6 Å². The lowest BCUT2D eigenvalue weighted by Gasteiger charge is -2.39. The van der Waals surface area contributed by atoms with Gasteiger partial charge in [-0.1, -0.05) is 48.5 Å². The van der Waals surface area contributed by atoms with Gasteiger partial charge in [-0.3, -0.25) is 4.90 Å². The molecule has 0 N–H and O–H groups in total. The van der Waals surface area contributed by atoms with Gasteiger partial charge in [0.05, 0.1) is 18.0 Å². The first-order valence-electron chi connectivity index (χ1n) is 10.2. The standard InChI is InChI=1S/C24H25FN2O3S/c1-30-22-8-5-9-23(18-22)31(28,29)27-16-14-26(15-17-27)24(19-6-3-2-4-7-19)20-10-12-21(25)13-11-20/h2-13,18,24H,14-17H2,1H3/t24-/m1/s1. The Labute approximate surface area is 182 Å². The molecule has 5 nitrogen and oxygen atoms in total. The molecule has 0 saturated carbocycles. The van der Waals surface area contributed by atoms with Crippen LogP contribution >= 0.6 is 0 Å². The van der Waals surface area contributed by atoms with Gasteiger partial charge >= 0.3 is 0 Å². The SMILES string of the molecule is COc1cccc(S(=O)(=O)N2CCN([C@H](c3ccccc3)c3ccc(F)cc3)CC2)c1. The Morgan fingerprint density at radius 1 is 0.839 bits per heavy atom. The lowest BCUT2D eigenvalue weighted by atomic mass is 9.96. The van der Waals surface area contributed by atoms with E-state index in [1.165, 1.54) is 23.5 Å². The van der Waals surface area contributed by atoms with E-state index >= 15 is 0 Å².